The van der Waals surface area contributed by atoms with Crippen molar-refractivity contribution in [3.05, 3.63) is 59.7 Å². The molecule has 0 heterocycles. The van der Waals surface area contributed by atoms with Gasteiger partial charge in [0, 0.05) is 6.04 Å². The zero-order chi connectivity index (χ0) is 14.0. The molecule has 1 nitrogen and oxygen atoms in total. The van der Waals surface area contributed by atoms with Gasteiger partial charge in [-0.15, -0.1) is 12.4 Å². The zero-order valence-corrected chi connectivity index (χ0v) is 11.6. The van der Waals surface area contributed by atoms with Crippen LogP contribution in [0.5, 0.6) is 0 Å². The molecule has 0 bridgehead atoms. The van der Waals surface area contributed by atoms with Crippen molar-refractivity contribution in [1.82, 2.24) is 0 Å². The van der Waals surface area contributed by atoms with E-state index >= 15 is 0 Å². The lowest BCUT2D eigenvalue weighted by molar-refractivity contribution is -0.137. The summed E-state index contributed by atoms with van der Waals surface area (Å²) in [5.74, 6) is 0. The van der Waals surface area contributed by atoms with E-state index in [-0.39, 0.29) is 12.4 Å². The Morgan fingerprint density at radius 2 is 1.60 bits per heavy atom. The quantitative estimate of drug-likeness (QED) is 0.846. The van der Waals surface area contributed by atoms with Crippen molar-refractivity contribution in [1.29, 1.82) is 0 Å². The molecule has 0 amide bonds. The minimum absolute atomic E-state index is 0. The normalized spacial score (nSPS) is 12.7. The van der Waals surface area contributed by atoms with Gasteiger partial charge in [-0.2, -0.15) is 13.2 Å². The summed E-state index contributed by atoms with van der Waals surface area (Å²) in [6.45, 7) is 1.68. The van der Waals surface area contributed by atoms with Crippen LogP contribution < -0.4 is 5.73 Å². The number of benzene rings is 2. The van der Waals surface area contributed by atoms with Crippen LogP contribution in [-0.4, -0.2) is 0 Å². The van der Waals surface area contributed by atoms with E-state index in [0.717, 1.165) is 23.3 Å². The lowest BCUT2D eigenvalue weighted by Gasteiger charge is -2.16. The van der Waals surface area contributed by atoms with Crippen LogP contribution in [0.2, 0.25) is 0 Å². The predicted molar refractivity (Wildman–Crippen MR) is 76.7 cm³/mol. The van der Waals surface area contributed by atoms with Crippen LogP contribution >= 0.6 is 12.4 Å². The lowest BCUT2D eigenvalue weighted by Crippen LogP contribution is -2.11. The average molecular weight is 302 g/mol. The number of halogens is 4. The fraction of sp³-hybridized carbons (Fsp3) is 0.200. The summed E-state index contributed by atoms with van der Waals surface area (Å²) in [7, 11) is 0. The minimum Gasteiger partial charge on any atom is -0.324 e. The van der Waals surface area contributed by atoms with Gasteiger partial charge in [-0.1, -0.05) is 36.4 Å². The molecule has 2 aromatic rings. The van der Waals surface area contributed by atoms with Crippen LogP contribution in [0.1, 0.15) is 24.1 Å². The highest BCUT2D eigenvalue weighted by Crippen LogP contribution is 2.35. The van der Waals surface area contributed by atoms with E-state index in [1.807, 2.05) is 30.3 Å². The molecule has 2 N–H and O–H groups in total. The maximum Gasteiger partial charge on any atom is 0.416 e. The zero-order valence-electron chi connectivity index (χ0n) is 10.8. The van der Waals surface area contributed by atoms with E-state index in [2.05, 4.69) is 0 Å². The Morgan fingerprint density at radius 1 is 1.00 bits per heavy atom. The van der Waals surface area contributed by atoms with Crippen LogP contribution in [0.3, 0.4) is 0 Å². The second-order valence-corrected chi connectivity index (χ2v) is 4.45. The molecule has 1 atom stereocenters. The Labute approximate surface area is 122 Å². The van der Waals surface area contributed by atoms with Crippen LogP contribution in [0.25, 0.3) is 11.1 Å². The van der Waals surface area contributed by atoms with Crippen molar-refractivity contribution in [2.75, 3.05) is 0 Å². The van der Waals surface area contributed by atoms with E-state index in [4.69, 9.17) is 5.73 Å². The van der Waals surface area contributed by atoms with Gasteiger partial charge in [0.05, 0.1) is 5.56 Å². The molecule has 0 spiro atoms. The van der Waals surface area contributed by atoms with E-state index in [1.165, 1.54) is 6.07 Å². The first kappa shape index (κ1) is 16.5. The van der Waals surface area contributed by atoms with Crippen molar-refractivity contribution in [2.24, 2.45) is 5.73 Å². The summed E-state index contributed by atoms with van der Waals surface area (Å²) in [6, 6.07) is 12.5. The van der Waals surface area contributed by atoms with Crippen molar-refractivity contribution in [2.45, 2.75) is 19.1 Å². The van der Waals surface area contributed by atoms with Gasteiger partial charge in [-0.3, -0.25) is 0 Å². The van der Waals surface area contributed by atoms with Crippen LogP contribution in [0.4, 0.5) is 13.2 Å². The molecular weight excluding hydrogens is 287 g/mol. The lowest BCUT2D eigenvalue weighted by atomic mass is 9.94. The summed E-state index contributed by atoms with van der Waals surface area (Å²) in [6.07, 6.45) is -4.35. The smallest absolute Gasteiger partial charge is 0.324 e. The predicted octanol–water partition coefficient (Wildman–Crippen LogP) is 4.81. The molecule has 0 aromatic heterocycles. The highest BCUT2D eigenvalue weighted by Gasteiger charge is 2.31. The summed E-state index contributed by atoms with van der Waals surface area (Å²) in [5, 5.41) is 0. The van der Waals surface area contributed by atoms with Gasteiger partial charge >= 0.3 is 6.18 Å². The molecule has 5 heteroatoms. The molecule has 1 unspecified atom stereocenters. The maximum atomic E-state index is 12.7. The molecule has 0 aliphatic heterocycles. The van der Waals surface area contributed by atoms with Crippen molar-refractivity contribution in [3.63, 3.8) is 0 Å². The largest absolute Gasteiger partial charge is 0.416 e. The molecule has 0 aliphatic carbocycles. The topological polar surface area (TPSA) is 26.0 Å². The Balaban J connectivity index is 0.00000200. The Kier molecular flexibility index (Phi) is 5.20. The molecule has 0 saturated heterocycles. The van der Waals surface area contributed by atoms with Crippen molar-refractivity contribution < 1.29 is 13.2 Å². The van der Waals surface area contributed by atoms with E-state index < -0.39 is 17.8 Å². The summed E-state index contributed by atoms with van der Waals surface area (Å²) in [4.78, 5) is 0. The first-order chi connectivity index (χ1) is 8.89. The summed E-state index contributed by atoms with van der Waals surface area (Å²) in [5.41, 5.74) is 7.23. The Bertz CT molecular complexity index is 565. The van der Waals surface area contributed by atoms with E-state index in [1.54, 1.807) is 6.92 Å². The number of alkyl halides is 3. The van der Waals surface area contributed by atoms with E-state index in [0.29, 0.717) is 5.56 Å². The number of hydrogen-bond donors (Lipinski definition) is 1. The maximum absolute atomic E-state index is 12.7. The molecular formula is C15H15ClF3N. The molecule has 0 radical (unpaired) electrons. The SMILES string of the molecule is CC(N)c1cc(C(F)(F)F)ccc1-c1ccccc1.Cl. The molecule has 2 rings (SSSR count). The van der Waals surface area contributed by atoms with Gasteiger partial charge in [-0.25, -0.2) is 0 Å². The van der Waals surface area contributed by atoms with Crippen LogP contribution in [0, 0.1) is 0 Å². The molecule has 0 fully saturated rings. The molecule has 0 aliphatic rings. The second kappa shape index (κ2) is 6.29. The molecule has 108 valence electrons. The molecule has 2 aromatic carbocycles. The number of rotatable bonds is 2. The van der Waals surface area contributed by atoms with Crippen LogP contribution in [0.15, 0.2) is 48.5 Å². The fourth-order valence-corrected chi connectivity index (χ4v) is 2.00. The summed E-state index contributed by atoms with van der Waals surface area (Å²) < 4.78 is 38.2. The average Bonchev–Trinajstić information content (AvgIpc) is 2.38. The first-order valence-corrected chi connectivity index (χ1v) is 5.92. The third kappa shape index (κ3) is 3.52. The highest BCUT2D eigenvalue weighted by atomic mass is 35.5. The number of hydrogen-bond acceptors (Lipinski definition) is 1. The third-order valence-corrected chi connectivity index (χ3v) is 2.95. The van der Waals surface area contributed by atoms with Crippen LogP contribution in [-0.2, 0) is 6.18 Å². The van der Waals surface area contributed by atoms with Gasteiger partial charge < -0.3 is 5.73 Å². The Morgan fingerprint density at radius 3 is 2.10 bits per heavy atom. The molecule has 0 saturated carbocycles. The van der Waals surface area contributed by atoms with Gasteiger partial charge in [0.25, 0.3) is 0 Å². The van der Waals surface area contributed by atoms with Gasteiger partial charge in [0.2, 0.25) is 0 Å². The fourth-order valence-electron chi connectivity index (χ4n) is 2.00. The highest BCUT2D eigenvalue weighted by molar-refractivity contribution is 5.85. The van der Waals surface area contributed by atoms with Gasteiger partial charge in [0.1, 0.15) is 0 Å². The number of nitrogens with two attached hydrogens (primary N) is 1. The Hall–Kier alpha value is -1.52. The minimum atomic E-state index is -4.35. The third-order valence-electron chi connectivity index (χ3n) is 2.95. The first-order valence-electron chi connectivity index (χ1n) is 5.92. The second-order valence-electron chi connectivity index (χ2n) is 4.45. The van der Waals surface area contributed by atoms with Crippen molar-refractivity contribution in [3.8, 4) is 11.1 Å². The van der Waals surface area contributed by atoms with Gasteiger partial charge in [0.15, 0.2) is 0 Å². The van der Waals surface area contributed by atoms with Gasteiger partial charge in [-0.05, 0) is 35.7 Å². The van der Waals surface area contributed by atoms with Crippen molar-refractivity contribution >= 4 is 12.4 Å². The van der Waals surface area contributed by atoms with E-state index in [9.17, 15) is 13.2 Å². The summed E-state index contributed by atoms with van der Waals surface area (Å²) >= 11 is 0. The molecule has 20 heavy (non-hydrogen) atoms. The standard InChI is InChI=1S/C15H14F3N.ClH/c1-10(19)14-9-12(15(16,17)18)7-8-13(14)11-5-3-2-4-6-11;/h2-10H,19H2,1H3;1H. The monoisotopic (exact) mass is 301 g/mol.